The second-order valence-electron chi connectivity index (χ2n) is 2.51. The van der Waals surface area contributed by atoms with Crippen LogP contribution in [0.5, 0.6) is 0 Å². The van der Waals surface area contributed by atoms with Gasteiger partial charge in [0.2, 0.25) is 0 Å². The van der Waals surface area contributed by atoms with E-state index in [4.69, 9.17) is 0 Å². The maximum absolute atomic E-state index is 10.7. The number of hydrogen-bond acceptors (Lipinski definition) is 2. The number of rotatable bonds is 1. The van der Waals surface area contributed by atoms with E-state index in [1.807, 2.05) is 20.8 Å². The van der Waals surface area contributed by atoms with Crippen LogP contribution in [0.2, 0.25) is 0 Å². The summed E-state index contributed by atoms with van der Waals surface area (Å²) in [5.74, 6) is 0. The summed E-state index contributed by atoms with van der Waals surface area (Å²) in [6.45, 7) is 5.60. The van der Waals surface area contributed by atoms with Crippen molar-refractivity contribution in [3.63, 3.8) is 0 Å². The monoisotopic (exact) mass is 136 g/mol. The van der Waals surface area contributed by atoms with E-state index in [9.17, 15) is 4.21 Å². The number of hydrogen-bond donors (Lipinski definition) is 0. The standard InChI is InChI=1S/C5H12O2S/c1-5(2,3)8(6)7-4/h1-4H3/t8-/m0/s1. The average Bonchev–Trinajstić information content (AvgIpc) is 1.62. The molecule has 0 radical (unpaired) electrons. The first-order chi connectivity index (χ1) is 3.48. The summed E-state index contributed by atoms with van der Waals surface area (Å²) in [5, 5.41) is 0. The third kappa shape index (κ3) is 2.43. The molecule has 0 saturated heterocycles. The molecular weight excluding hydrogens is 124 g/mol. The van der Waals surface area contributed by atoms with Gasteiger partial charge < -0.3 is 0 Å². The molecule has 0 saturated carbocycles. The van der Waals surface area contributed by atoms with Gasteiger partial charge in [-0.3, -0.25) is 4.18 Å². The van der Waals surface area contributed by atoms with E-state index in [1.165, 1.54) is 7.11 Å². The van der Waals surface area contributed by atoms with E-state index in [-0.39, 0.29) is 4.75 Å². The predicted octanol–water partition coefficient (Wildman–Crippen LogP) is 1.10. The van der Waals surface area contributed by atoms with E-state index in [2.05, 4.69) is 4.18 Å². The molecule has 8 heavy (non-hydrogen) atoms. The minimum atomic E-state index is -1.14. The van der Waals surface area contributed by atoms with Crippen molar-refractivity contribution >= 4 is 11.1 Å². The molecule has 50 valence electrons. The maximum Gasteiger partial charge on any atom is 0.160 e. The van der Waals surface area contributed by atoms with Crippen molar-refractivity contribution in [2.45, 2.75) is 25.5 Å². The molecule has 0 aromatic carbocycles. The lowest BCUT2D eigenvalue weighted by Gasteiger charge is -2.13. The molecule has 0 heterocycles. The van der Waals surface area contributed by atoms with Crippen LogP contribution in [-0.4, -0.2) is 16.1 Å². The zero-order valence-electron chi connectivity index (χ0n) is 5.72. The van der Waals surface area contributed by atoms with Crippen LogP contribution in [0, 0.1) is 0 Å². The largest absolute Gasteiger partial charge is 0.294 e. The van der Waals surface area contributed by atoms with Crippen molar-refractivity contribution in [1.29, 1.82) is 0 Å². The van der Waals surface area contributed by atoms with Gasteiger partial charge in [-0.05, 0) is 20.8 Å². The normalized spacial score (nSPS) is 16.0. The Labute approximate surface area is 52.9 Å². The molecule has 0 aliphatic heterocycles. The molecular formula is C5H12O2S. The van der Waals surface area contributed by atoms with Crippen molar-refractivity contribution in [2.75, 3.05) is 7.11 Å². The lowest BCUT2D eigenvalue weighted by molar-refractivity contribution is 0.426. The lowest BCUT2D eigenvalue weighted by Crippen LogP contribution is -2.22. The lowest BCUT2D eigenvalue weighted by atomic mass is 10.3. The first kappa shape index (κ1) is 8.11. The van der Waals surface area contributed by atoms with Gasteiger partial charge in [0.1, 0.15) is 0 Å². The van der Waals surface area contributed by atoms with Gasteiger partial charge in [-0.15, -0.1) is 0 Å². The molecule has 1 atom stereocenters. The Hall–Kier alpha value is 0.110. The Kier molecular flexibility index (Phi) is 2.63. The second-order valence-corrected chi connectivity index (χ2v) is 4.54. The van der Waals surface area contributed by atoms with Crippen LogP contribution >= 0.6 is 0 Å². The topological polar surface area (TPSA) is 26.3 Å². The quantitative estimate of drug-likeness (QED) is 0.539. The molecule has 0 rings (SSSR count). The Bertz CT molecular complexity index is 93.1. The average molecular weight is 136 g/mol. The van der Waals surface area contributed by atoms with Gasteiger partial charge in [-0.25, -0.2) is 4.21 Å². The van der Waals surface area contributed by atoms with Crippen LogP contribution in [0.3, 0.4) is 0 Å². The summed E-state index contributed by atoms with van der Waals surface area (Å²) in [6, 6.07) is 0. The third-order valence-corrected chi connectivity index (χ3v) is 1.95. The van der Waals surface area contributed by atoms with E-state index >= 15 is 0 Å². The summed E-state index contributed by atoms with van der Waals surface area (Å²) in [5.41, 5.74) is 0. The van der Waals surface area contributed by atoms with E-state index < -0.39 is 11.1 Å². The Morgan fingerprint density at radius 3 is 1.75 bits per heavy atom. The fourth-order valence-electron chi connectivity index (χ4n) is 0.250. The predicted molar refractivity (Wildman–Crippen MR) is 34.9 cm³/mol. The van der Waals surface area contributed by atoms with Gasteiger partial charge in [-0.2, -0.15) is 0 Å². The molecule has 3 heteroatoms. The highest BCUT2D eigenvalue weighted by Gasteiger charge is 2.18. The molecule has 0 aliphatic rings. The summed E-state index contributed by atoms with van der Waals surface area (Å²) < 4.78 is 15.1. The Balaban J connectivity index is 3.82. The van der Waals surface area contributed by atoms with E-state index in [0.717, 1.165) is 0 Å². The zero-order chi connectivity index (χ0) is 6.78. The molecule has 0 aromatic rings. The van der Waals surface area contributed by atoms with Crippen molar-refractivity contribution in [2.24, 2.45) is 0 Å². The van der Waals surface area contributed by atoms with E-state index in [1.54, 1.807) is 0 Å². The van der Waals surface area contributed by atoms with Crippen molar-refractivity contribution in [3.05, 3.63) is 0 Å². The van der Waals surface area contributed by atoms with Crippen LogP contribution in [0.15, 0.2) is 0 Å². The first-order valence-corrected chi connectivity index (χ1v) is 3.52. The van der Waals surface area contributed by atoms with Gasteiger partial charge in [0.05, 0.1) is 11.9 Å². The molecule has 0 amide bonds. The molecule has 0 fully saturated rings. The smallest absolute Gasteiger partial charge is 0.160 e. The van der Waals surface area contributed by atoms with Crippen LogP contribution in [0.4, 0.5) is 0 Å². The van der Waals surface area contributed by atoms with Crippen LogP contribution in [0.25, 0.3) is 0 Å². The molecule has 2 nitrogen and oxygen atoms in total. The molecule has 0 N–H and O–H groups in total. The SMILES string of the molecule is CO[S@](=O)C(C)(C)C. The van der Waals surface area contributed by atoms with Gasteiger partial charge in [0, 0.05) is 0 Å². The van der Waals surface area contributed by atoms with Gasteiger partial charge >= 0.3 is 0 Å². The third-order valence-electron chi connectivity index (χ3n) is 0.651. The van der Waals surface area contributed by atoms with Gasteiger partial charge in [0.15, 0.2) is 11.1 Å². The molecule has 0 aliphatic carbocycles. The maximum atomic E-state index is 10.7. The minimum Gasteiger partial charge on any atom is -0.294 e. The van der Waals surface area contributed by atoms with Crippen LogP contribution < -0.4 is 0 Å². The van der Waals surface area contributed by atoms with Gasteiger partial charge in [0.25, 0.3) is 0 Å². The summed E-state index contributed by atoms with van der Waals surface area (Å²) in [4.78, 5) is 0. The minimum absolute atomic E-state index is 0.241. The van der Waals surface area contributed by atoms with Crippen molar-refractivity contribution in [3.8, 4) is 0 Å². The fourth-order valence-corrected chi connectivity index (χ4v) is 0.750. The Morgan fingerprint density at radius 1 is 1.38 bits per heavy atom. The van der Waals surface area contributed by atoms with Crippen molar-refractivity contribution in [1.82, 2.24) is 0 Å². The summed E-state index contributed by atoms with van der Waals surface area (Å²) in [7, 11) is 1.45. The van der Waals surface area contributed by atoms with Crippen molar-refractivity contribution < 1.29 is 8.39 Å². The van der Waals surface area contributed by atoms with Crippen LogP contribution in [0.1, 0.15) is 20.8 Å². The van der Waals surface area contributed by atoms with Crippen LogP contribution in [-0.2, 0) is 15.3 Å². The molecule has 0 aromatic heterocycles. The highest BCUT2D eigenvalue weighted by atomic mass is 32.2. The Morgan fingerprint density at radius 2 is 1.75 bits per heavy atom. The first-order valence-electron chi connectivity index (χ1n) is 2.45. The second kappa shape index (κ2) is 2.60. The molecule has 0 unspecified atom stereocenters. The molecule has 0 bridgehead atoms. The summed E-state index contributed by atoms with van der Waals surface area (Å²) >= 11 is -1.14. The zero-order valence-corrected chi connectivity index (χ0v) is 6.54. The fraction of sp³-hybridized carbons (Fsp3) is 1.00. The summed E-state index contributed by atoms with van der Waals surface area (Å²) in [6.07, 6.45) is 0. The highest BCUT2D eigenvalue weighted by Crippen LogP contribution is 2.10. The highest BCUT2D eigenvalue weighted by molar-refractivity contribution is 7.81. The van der Waals surface area contributed by atoms with E-state index in [0.29, 0.717) is 0 Å². The molecule has 0 spiro atoms. The van der Waals surface area contributed by atoms with Gasteiger partial charge in [-0.1, -0.05) is 0 Å².